The number of carbonyl (C=O) groups excluding carboxylic acids is 1. The van der Waals surface area contributed by atoms with Gasteiger partial charge in [0.1, 0.15) is 16.5 Å². The van der Waals surface area contributed by atoms with Crippen LogP contribution in [0.2, 0.25) is 0 Å². The lowest BCUT2D eigenvalue weighted by atomic mass is 10.4. The highest BCUT2D eigenvalue weighted by molar-refractivity contribution is 7.72. The summed E-state index contributed by atoms with van der Waals surface area (Å²) >= 11 is 0. The van der Waals surface area contributed by atoms with Gasteiger partial charge in [0.2, 0.25) is 0 Å². The van der Waals surface area contributed by atoms with Crippen molar-refractivity contribution >= 4 is 16.5 Å². The van der Waals surface area contributed by atoms with E-state index in [1.807, 2.05) is 0 Å². The highest BCUT2D eigenvalue weighted by Crippen LogP contribution is 1.79. The zero-order valence-corrected chi connectivity index (χ0v) is 5.48. The van der Waals surface area contributed by atoms with Gasteiger partial charge in [0, 0.05) is 6.42 Å². The topological polar surface area (TPSA) is 51.2 Å². The summed E-state index contributed by atoms with van der Waals surface area (Å²) in [6.45, 7) is 1.37. The van der Waals surface area contributed by atoms with Crippen molar-refractivity contribution in [2.75, 3.05) is 5.75 Å². The summed E-state index contributed by atoms with van der Waals surface area (Å²) in [5.74, 6) is -0.0887. The molecule has 0 heterocycles. The summed E-state index contributed by atoms with van der Waals surface area (Å²) in [5, 5.41) is 0. The first-order valence-corrected chi connectivity index (χ1v) is 3.60. The molecule has 0 saturated carbocycles. The van der Waals surface area contributed by atoms with Crippen molar-refractivity contribution in [3.05, 3.63) is 0 Å². The van der Waals surface area contributed by atoms with E-state index in [0.29, 0.717) is 0 Å². The van der Waals surface area contributed by atoms with Crippen LogP contribution in [0.15, 0.2) is 0 Å². The van der Waals surface area contributed by atoms with E-state index in [0.717, 1.165) is 0 Å². The lowest BCUT2D eigenvalue weighted by Crippen LogP contribution is -1.95. The molecule has 0 N–H and O–H groups in total. The first kappa shape index (κ1) is 7.62. The largest absolute Gasteiger partial charge is 0.300 e. The zero-order valence-electron chi connectivity index (χ0n) is 4.59. The van der Waals surface area contributed by atoms with E-state index in [-0.39, 0.29) is 18.0 Å². The van der Waals surface area contributed by atoms with Crippen molar-refractivity contribution in [1.82, 2.24) is 0 Å². The molecule has 8 heavy (non-hydrogen) atoms. The van der Waals surface area contributed by atoms with Gasteiger partial charge < -0.3 is 0 Å². The Balaban J connectivity index is 3.32. The molecule has 3 nitrogen and oxygen atoms in total. The van der Waals surface area contributed by atoms with E-state index >= 15 is 0 Å². The Kier molecular flexibility index (Phi) is 3.43. The predicted octanol–water partition coefficient (Wildman–Crippen LogP) is -0.423. The van der Waals surface area contributed by atoms with Gasteiger partial charge in [-0.2, -0.15) is 0 Å². The highest BCUT2D eigenvalue weighted by atomic mass is 32.2. The van der Waals surface area contributed by atoms with Gasteiger partial charge in [-0.15, -0.1) is 0 Å². The van der Waals surface area contributed by atoms with Gasteiger partial charge in [-0.1, -0.05) is 0 Å². The maximum Gasteiger partial charge on any atom is 0.140 e. The summed E-state index contributed by atoms with van der Waals surface area (Å²) in [5.41, 5.74) is 0. The average Bonchev–Trinajstić information content (AvgIpc) is 1.61. The van der Waals surface area contributed by atoms with Crippen LogP contribution in [0.4, 0.5) is 0 Å². The van der Waals surface area contributed by atoms with Crippen LogP contribution in [0.25, 0.3) is 0 Å². The molecular weight excluding hydrogens is 128 g/mol. The minimum Gasteiger partial charge on any atom is -0.300 e. The number of Topliss-reactive ketones (excluding diaryl/α,β-unsaturated/α-hetero) is 1. The lowest BCUT2D eigenvalue weighted by Gasteiger charge is -1.82. The van der Waals surface area contributed by atoms with Crippen LogP contribution in [0.5, 0.6) is 0 Å². The SMILES string of the molecule is CC(=O)CC[SH](=O)=O. The van der Waals surface area contributed by atoms with Crippen molar-refractivity contribution in [2.45, 2.75) is 13.3 Å². The average molecular weight is 136 g/mol. The van der Waals surface area contributed by atoms with Crippen molar-refractivity contribution in [3.63, 3.8) is 0 Å². The summed E-state index contributed by atoms with van der Waals surface area (Å²) in [4.78, 5) is 10.1. The number of hydrogen-bond donors (Lipinski definition) is 1. The molecule has 0 saturated heterocycles. The molecule has 0 aromatic heterocycles. The molecule has 48 valence electrons. The van der Waals surface area contributed by atoms with E-state index in [4.69, 9.17) is 0 Å². The Morgan fingerprint density at radius 3 is 2.12 bits per heavy atom. The number of rotatable bonds is 3. The summed E-state index contributed by atoms with van der Waals surface area (Å²) in [7, 11) is -2.35. The van der Waals surface area contributed by atoms with E-state index in [9.17, 15) is 13.2 Å². The maximum atomic E-state index is 10.1. The van der Waals surface area contributed by atoms with Crippen molar-refractivity contribution in [1.29, 1.82) is 0 Å². The van der Waals surface area contributed by atoms with Crippen molar-refractivity contribution in [2.24, 2.45) is 0 Å². The Morgan fingerprint density at radius 1 is 1.50 bits per heavy atom. The highest BCUT2D eigenvalue weighted by Gasteiger charge is 1.91. The summed E-state index contributed by atoms with van der Waals surface area (Å²) in [6.07, 6.45) is 0.151. The van der Waals surface area contributed by atoms with Crippen molar-refractivity contribution in [3.8, 4) is 0 Å². The summed E-state index contributed by atoms with van der Waals surface area (Å²) in [6, 6.07) is 0. The van der Waals surface area contributed by atoms with Crippen molar-refractivity contribution < 1.29 is 13.2 Å². The minimum absolute atomic E-state index is 0.00926. The molecule has 0 amide bonds. The molecule has 0 aliphatic rings. The molecule has 0 aliphatic carbocycles. The van der Waals surface area contributed by atoms with E-state index in [1.54, 1.807) is 0 Å². The maximum absolute atomic E-state index is 10.1. The van der Waals surface area contributed by atoms with Crippen LogP contribution in [0, 0.1) is 0 Å². The molecule has 0 fully saturated rings. The molecular formula is C4H8O3S. The van der Waals surface area contributed by atoms with E-state index < -0.39 is 10.7 Å². The second kappa shape index (κ2) is 3.60. The Labute approximate surface area is 49.7 Å². The zero-order chi connectivity index (χ0) is 6.57. The number of carbonyl (C=O) groups is 1. The van der Waals surface area contributed by atoms with Gasteiger partial charge in [-0.05, 0) is 6.92 Å². The molecule has 0 spiro atoms. The number of hydrogen-bond acceptors (Lipinski definition) is 3. The fourth-order valence-electron chi connectivity index (χ4n) is 0.249. The third-order valence-electron chi connectivity index (χ3n) is 0.646. The smallest absolute Gasteiger partial charge is 0.140 e. The molecule has 0 aromatic rings. The van der Waals surface area contributed by atoms with Gasteiger partial charge in [-0.25, -0.2) is 8.42 Å². The molecule has 0 bridgehead atoms. The molecule has 0 radical (unpaired) electrons. The first-order valence-electron chi connectivity index (χ1n) is 2.24. The Hall–Kier alpha value is -0.380. The van der Waals surface area contributed by atoms with E-state index in [1.165, 1.54) is 6.92 Å². The van der Waals surface area contributed by atoms with Crippen LogP contribution in [0.1, 0.15) is 13.3 Å². The third-order valence-corrected chi connectivity index (χ3v) is 1.24. The quantitative estimate of drug-likeness (QED) is 0.536. The van der Waals surface area contributed by atoms with E-state index in [2.05, 4.69) is 0 Å². The second-order valence-electron chi connectivity index (χ2n) is 1.51. The normalized spacial score (nSPS) is 9.75. The first-order chi connectivity index (χ1) is 3.63. The monoisotopic (exact) mass is 136 g/mol. The fraction of sp³-hybridized carbons (Fsp3) is 0.750. The standard InChI is InChI=1S/C4H8O3S/c1-4(5)2-3-8(6)7/h8H,2-3H2,1H3. The predicted molar refractivity (Wildman–Crippen MR) is 30.5 cm³/mol. The molecule has 0 rings (SSSR count). The fourth-order valence-corrected chi connectivity index (χ4v) is 0.746. The molecule has 0 aliphatic heterocycles. The molecule has 4 heteroatoms. The Bertz CT molecular complexity index is 139. The van der Waals surface area contributed by atoms with Gasteiger partial charge in [0.25, 0.3) is 0 Å². The van der Waals surface area contributed by atoms with Crippen LogP contribution in [-0.2, 0) is 15.5 Å². The van der Waals surface area contributed by atoms with Gasteiger partial charge in [0.05, 0.1) is 5.75 Å². The van der Waals surface area contributed by atoms with Gasteiger partial charge >= 0.3 is 0 Å². The van der Waals surface area contributed by atoms with Gasteiger partial charge in [0.15, 0.2) is 0 Å². The lowest BCUT2D eigenvalue weighted by molar-refractivity contribution is -0.116. The van der Waals surface area contributed by atoms with Crippen LogP contribution >= 0.6 is 0 Å². The Morgan fingerprint density at radius 2 is 2.00 bits per heavy atom. The number of ketones is 1. The molecule has 0 atom stereocenters. The number of thiol groups is 1. The third kappa shape index (κ3) is 5.62. The van der Waals surface area contributed by atoms with Gasteiger partial charge in [-0.3, -0.25) is 4.79 Å². The molecule has 0 aromatic carbocycles. The second-order valence-corrected chi connectivity index (χ2v) is 2.62. The van der Waals surface area contributed by atoms with Crippen LogP contribution in [-0.4, -0.2) is 20.0 Å². The van der Waals surface area contributed by atoms with Crippen LogP contribution in [0.3, 0.4) is 0 Å². The minimum atomic E-state index is -2.35. The van der Waals surface area contributed by atoms with Crippen LogP contribution < -0.4 is 0 Å². The molecule has 0 unspecified atom stereocenters. The summed E-state index contributed by atoms with van der Waals surface area (Å²) < 4.78 is 19.6.